The molecule has 0 aliphatic rings. The molecule has 5 nitrogen and oxygen atoms in total. The fourth-order valence-electron chi connectivity index (χ4n) is 2.02. The molecule has 106 valence electrons. The van der Waals surface area contributed by atoms with Crippen molar-refractivity contribution >= 4 is 22.0 Å². The first kappa shape index (κ1) is 14.2. The molecule has 0 spiro atoms. The molecule has 1 aromatic carbocycles. The molecule has 21 heavy (non-hydrogen) atoms. The van der Waals surface area contributed by atoms with Gasteiger partial charge < -0.3 is 0 Å². The molecule has 6 heteroatoms. The van der Waals surface area contributed by atoms with E-state index in [0.717, 1.165) is 11.4 Å². The van der Waals surface area contributed by atoms with Gasteiger partial charge >= 0.3 is 128 Å². The van der Waals surface area contributed by atoms with Crippen LogP contribution in [-0.4, -0.2) is 43.6 Å². The van der Waals surface area contributed by atoms with E-state index in [0.29, 0.717) is 5.82 Å². The van der Waals surface area contributed by atoms with Crippen LogP contribution in [0.1, 0.15) is 0 Å². The van der Waals surface area contributed by atoms with Gasteiger partial charge in [0, 0.05) is 0 Å². The summed E-state index contributed by atoms with van der Waals surface area (Å²) in [5.74, 6) is 0.542. The van der Waals surface area contributed by atoms with E-state index in [4.69, 9.17) is 0 Å². The molecule has 0 bridgehead atoms. The van der Waals surface area contributed by atoms with Crippen LogP contribution in [0, 0.1) is 0 Å². The average Bonchev–Trinajstić information content (AvgIpc) is 2.97. The predicted molar refractivity (Wildman–Crippen MR) is 85.4 cm³/mol. The second kappa shape index (κ2) is 5.55. The number of rotatable bonds is 3. The average molecular weight is 386 g/mol. The Morgan fingerprint density at radius 1 is 1.00 bits per heavy atom. The summed E-state index contributed by atoms with van der Waals surface area (Å²) in [4.78, 5) is 13.0. The Balaban J connectivity index is 1.97. The maximum atomic E-state index is 4.43. The van der Waals surface area contributed by atoms with E-state index >= 15 is 0 Å². The third-order valence-electron chi connectivity index (χ3n) is 3.25. The van der Waals surface area contributed by atoms with E-state index in [1.54, 1.807) is 11.0 Å². The van der Waals surface area contributed by atoms with E-state index in [9.17, 15) is 0 Å². The molecule has 0 N–H and O–H groups in total. The van der Waals surface area contributed by atoms with Crippen LogP contribution >= 0.6 is 0 Å². The molecule has 0 unspecified atom stereocenters. The number of hydrogen-bond donors (Lipinski definition) is 0. The number of pyridine rings is 1. The van der Waals surface area contributed by atoms with Crippen molar-refractivity contribution in [1.29, 1.82) is 0 Å². The van der Waals surface area contributed by atoms with Crippen LogP contribution in [0.4, 0.5) is 0 Å². The Morgan fingerprint density at radius 2 is 1.86 bits per heavy atom. The summed E-state index contributed by atoms with van der Waals surface area (Å²) in [6.07, 6.45) is 1.73. The molecule has 0 aliphatic heterocycles. The van der Waals surface area contributed by atoms with Gasteiger partial charge in [-0.15, -0.1) is 0 Å². The van der Waals surface area contributed by atoms with Gasteiger partial charge in [-0.3, -0.25) is 0 Å². The number of aromatic nitrogens is 5. The van der Waals surface area contributed by atoms with Crippen LogP contribution in [0.15, 0.2) is 48.7 Å². The monoisotopic (exact) mass is 387 g/mol. The number of tetrazole rings is 1. The summed E-state index contributed by atoms with van der Waals surface area (Å²) in [6.45, 7) is 0. The van der Waals surface area contributed by atoms with Gasteiger partial charge in [0.25, 0.3) is 0 Å². The molecule has 2 aromatic heterocycles. The van der Waals surface area contributed by atoms with Crippen molar-refractivity contribution in [3.05, 3.63) is 48.7 Å². The number of hydrogen-bond acceptors (Lipinski definition) is 4. The molecule has 3 rings (SSSR count). The van der Waals surface area contributed by atoms with Gasteiger partial charge in [0.15, 0.2) is 0 Å². The topological polar surface area (TPSA) is 56.5 Å². The van der Waals surface area contributed by atoms with Crippen LogP contribution in [0.3, 0.4) is 0 Å². The van der Waals surface area contributed by atoms with Gasteiger partial charge in [0.1, 0.15) is 0 Å². The molecule has 0 saturated carbocycles. The third kappa shape index (κ3) is 3.12. The molecule has 0 aliphatic carbocycles. The van der Waals surface area contributed by atoms with Crippen molar-refractivity contribution in [2.75, 3.05) is 0 Å². The molecule has 0 amide bonds. The standard InChI is InChI=1S/C12H8N5.3CH3.Sn/c1-2-6-10(7-3-1)17-15-12(14-16-17)11-8-4-5-9-13-11;;;;/h1-2,4-9H;3*1H3;. The normalized spacial score (nSPS) is 11.6. The van der Waals surface area contributed by atoms with Gasteiger partial charge in [-0.25, -0.2) is 0 Å². The summed E-state index contributed by atoms with van der Waals surface area (Å²) >= 11 is -2.09. The summed E-state index contributed by atoms with van der Waals surface area (Å²) < 4.78 is 1.44. The summed E-state index contributed by atoms with van der Waals surface area (Å²) in [7, 11) is 0. The maximum absolute atomic E-state index is 4.43. The molecule has 2 heterocycles. The fraction of sp³-hybridized carbons (Fsp3) is 0.200. The van der Waals surface area contributed by atoms with Gasteiger partial charge in [0.05, 0.1) is 0 Å². The fourth-order valence-corrected chi connectivity index (χ4v) is 5.38. The van der Waals surface area contributed by atoms with E-state index in [1.807, 2.05) is 24.3 Å². The molecule has 0 radical (unpaired) electrons. The molecular weight excluding hydrogens is 369 g/mol. The predicted octanol–water partition coefficient (Wildman–Crippen LogP) is 2.27. The zero-order valence-electron chi connectivity index (χ0n) is 12.4. The quantitative estimate of drug-likeness (QED) is 0.649. The number of nitrogens with zero attached hydrogens (tertiary/aromatic N) is 5. The summed E-state index contributed by atoms with van der Waals surface area (Å²) in [6, 6.07) is 14.1. The van der Waals surface area contributed by atoms with Crippen LogP contribution in [0.2, 0.25) is 14.8 Å². The van der Waals surface area contributed by atoms with Crippen molar-refractivity contribution in [2.45, 2.75) is 14.8 Å². The Labute approximate surface area is 127 Å². The van der Waals surface area contributed by atoms with E-state index in [-0.39, 0.29) is 0 Å². The van der Waals surface area contributed by atoms with Crippen LogP contribution in [-0.2, 0) is 0 Å². The van der Waals surface area contributed by atoms with Crippen molar-refractivity contribution in [3.63, 3.8) is 0 Å². The first-order valence-electron chi connectivity index (χ1n) is 6.86. The van der Waals surface area contributed by atoms with Gasteiger partial charge in [-0.2, -0.15) is 0 Å². The van der Waals surface area contributed by atoms with Crippen molar-refractivity contribution in [1.82, 2.24) is 25.2 Å². The second-order valence-electron chi connectivity index (χ2n) is 5.92. The van der Waals surface area contributed by atoms with Gasteiger partial charge in [-0.1, -0.05) is 0 Å². The molecule has 0 atom stereocenters. The van der Waals surface area contributed by atoms with Crippen molar-refractivity contribution < 1.29 is 0 Å². The van der Waals surface area contributed by atoms with Crippen molar-refractivity contribution in [3.8, 4) is 17.2 Å². The Hall–Kier alpha value is -1.76. The van der Waals surface area contributed by atoms with E-state index in [1.165, 1.54) is 3.58 Å². The molecule has 0 fully saturated rings. The van der Waals surface area contributed by atoms with Gasteiger partial charge in [-0.05, 0) is 0 Å². The van der Waals surface area contributed by atoms with E-state index in [2.05, 4.69) is 53.4 Å². The Bertz CT molecular complexity index is 746. The zero-order valence-corrected chi connectivity index (χ0v) is 15.2. The zero-order chi connectivity index (χ0) is 14.9. The van der Waals surface area contributed by atoms with Gasteiger partial charge in [0.2, 0.25) is 0 Å². The first-order valence-corrected chi connectivity index (χ1v) is 16.9. The van der Waals surface area contributed by atoms with Crippen molar-refractivity contribution in [2.24, 2.45) is 0 Å². The molecule has 0 saturated heterocycles. The molecule has 3 aromatic rings. The summed E-state index contributed by atoms with van der Waals surface area (Å²) in [5.41, 5.74) is 1.68. The summed E-state index contributed by atoms with van der Waals surface area (Å²) in [5, 5.41) is 12.7. The van der Waals surface area contributed by atoms with E-state index < -0.39 is 18.4 Å². The SMILES string of the molecule is [CH3][Sn]([CH3])([CH3])[c]1cccc(-n2nnc(-c3ccccn3)n2)c1. The first-order chi connectivity index (χ1) is 10.0. The minimum absolute atomic E-state index is 0.542. The Kier molecular flexibility index (Phi) is 3.75. The van der Waals surface area contributed by atoms with Crippen LogP contribution in [0.5, 0.6) is 0 Å². The third-order valence-corrected chi connectivity index (χ3v) is 9.08. The minimum atomic E-state index is -2.09. The van der Waals surface area contributed by atoms with Crippen LogP contribution in [0.25, 0.3) is 17.2 Å². The Morgan fingerprint density at radius 3 is 2.57 bits per heavy atom. The number of benzene rings is 1. The van der Waals surface area contributed by atoms with Crippen LogP contribution < -0.4 is 3.58 Å². The molecular formula is C15H17N5Sn. The second-order valence-corrected chi connectivity index (χ2v) is 20.4.